The van der Waals surface area contributed by atoms with Crippen molar-refractivity contribution in [1.29, 1.82) is 0 Å². The highest BCUT2D eigenvalue weighted by Crippen LogP contribution is 2.31. The molecule has 1 aliphatic heterocycles. The van der Waals surface area contributed by atoms with Gasteiger partial charge in [0.15, 0.2) is 5.69 Å². The van der Waals surface area contributed by atoms with E-state index in [1.54, 1.807) is 16.7 Å². The van der Waals surface area contributed by atoms with E-state index in [0.717, 1.165) is 24.8 Å². The van der Waals surface area contributed by atoms with E-state index in [2.05, 4.69) is 14.7 Å². The quantitative estimate of drug-likeness (QED) is 0.777. The molecule has 0 aliphatic carbocycles. The van der Waals surface area contributed by atoms with Gasteiger partial charge in [0.05, 0.1) is 7.11 Å². The summed E-state index contributed by atoms with van der Waals surface area (Å²) in [6, 6.07) is 0. The van der Waals surface area contributed by atoms with Crippen LogP contribution in [-0.4, -0.2) is 47.6 Å². The Balaban J connectivity index is 2.40. The molecular formula is C11H12F3N3O2S. The van der Waals surface area contributed by atoms with Crippen molar-refractivity contribution in [3.05, 3.63) is 17.5 Å². The number of anilines is 1. The molecular weight excluding hydrogens is 295 g/mol. The maximum atomic E-state index is 13.0. The molecule has 2 heterocycles. The molecule has 0 saturated carbocycles. The molecule has 9 heteroatoms. The van der Waals surface area contributed by atoms with Crippen molar-refractivity contribution >= 4 is 23.7 Å². The van der Waals surface area contributed by atoms with Crippen LogP contribution in [-0.2, 0) is 10.9 Å². The van der Waals surface area contributed by atoms with Crippen LogP contribution in [0, 0.1) is 0 Å². The second-order valence-corrected chi connectivity index (χ2v) is 5.25. The second-order valence-electron chi connectivity index (χ2n) is 4.02. The average molecular weight is 307 g/mol. The molecule has 0 bridgehead atoms. The molecule has 0 radical (unpaired) electrons. The lowest BCUT2D eigenvalue weighted by Gasteiger charge is -2.26. The molecule has 0 spiro atoms. The van der Waals surface area contributed by atoms with Gasteiger partial charge in [0, 0.05) is 30.8 Å². The molecule has 0 unspecified atom stereocenters. The highest BCUT2D eigenvalue weighted by molar-refractivity contribution is 7.99. The van der Waals surface area contributed by atoms with Gasteiger partial charge >= 0.3 is 12.1 Å². The van der Waals surface area contributed by atoms with Crippen LogP contribution in [0.15, 0.2) is 6.20 Å². The fourth-order valence-electron chi connectivity index (χ4n) is 1.76. The van der Waals surface area contributed by atoms with Crippen LogP contribution in [0.5, 0.6) is 0 Å². The lowest BCUT2D eigenvalue weighted by atomic mass is 10.2. The number of carbonyl (C=O) groups is 1. The first-order valence-electron chi connectivity index (χ1n) is 5.78. The lowest BCUT2D eigenvalue weighted by molar-refractivity contribution is -0.141. The monoisotopic (exact) mass is 307 g/mol. The third-order valence-electron chi connectivity index (χ3n) is 2.74. The third-order valence-corrected chi connectivity index (χ3v) is 3.69. The Morgan fingerprint density at radius 3 is 2.60 bits per heavy atom. The zero-order chi connectivity index (χ0) is 14.8. The van der Waals surface area contributed by atoms with Crippen LogP contribution in [0.4, 0.5) is 19.1 Å². The summed E-state index contributed by atoms with van der Waals surface area (Å²) in [5.41, 5.74) is -1.93. The zero-order valence-electron chi connectivity index (χ0n) is 10.6. The summed E-state index contributed by atoms with van der Waals surface area (Å²) in [6.45, 7) is 1.17. The SMILES string of the molecule is COC(=O)c1cnc(N2CCSCC2)nc1C(F)(F)F. The van der Waals surface area contributed by atoms with Gasteiger partial charge in [0.2, 0.25) is 5.95 Å². The van der Waals surface area contributed by atoms with Crippen LogP contribution >= 0.6 is 11.8 Å². The summed E-state index contributed by atoms with van der Waals surface area (Å²) in [7, 11) is 1.01. The summed E-state index contributed by atoms with van der Waals surface area (Å²) in [4.78, 5) is 20.4. The lowest BCUT2D eigenvalue weighted by Crippen LogP contribution is -2.34. The number of halogens is 3. The van der Waals surface area contributed by atoms with E-state index < -0.39 is 23.4 Å². The van der Waals surface area contributed by atoms with E-state index in [9.17, 15) is 18.0 Å². The van der Waals surface area contributed by atoms with E-state index in [-0.39, 0.29) is 5.95 Å². The Kier molecular flexibility index (Phi) is 4.36. The van der Waals surface area contributed by atoms with Gasteiger partial charge < -0.3 is 9.64 Å². The summed E-state index contributed by atoms with van der Waals surface area (Å²) >= 11 is 1.72. The highest BCUT2D eigenvalue weighted by Gasteiger charge is 2.39. The zero-order valence-corrected chi connectivity index (χ0v) is 11.4. The first kappa shape index (κ1) is 14.9. The standard InChI is InChI=1S/C11H12F3N3O2S/c1-19-9(18)7-6-15-10(16-8(7)11(12,13)14)17-2-4-20-5-3-17/h6H,2-5H2,1H3. The Labute approximate surface area is 117 Å². The minimum absolute atomic E-state index is 0.00900. The van der Waals surface area contributed by atoms with Crippen LogP contribution < -0.4 is 4.90 Å². The predicted octanol–water partition coefficient (Wildman–Crippen LogP) is 1.84. The van der Waals surface area contributed by atoms with E-state index in [1.807, 2.05) is 0 Å². The van der Waals surface area contributed by atoms with Crippen molar-refractivity contribution in [2.75, 3.05) is 36.6 Å². The van der Waals surface area contributed by atoms with E-state index in [0.29, 0.717) is 13.1 Å². The summed E-state index contributed by atoms with van der Waals surface area (Å²) < 4.78 is 43.2. The molecule has 0 amide bonds. The van der Waals surface area contributed by atoms with Gasteiger partial charge in [-0.1, -0.05) is 0 Å². The van der Waals surface area contributed by atoms with Crippen LogP contribution in [0.2, 0.25) is 0 Å². The molecule has 1 fully saturated rings. The molecule has 1 aliphatic rings. The smallest absolute Gasteiger partial charge is 0.434 e. The van der Waals surface area contributed by atoms with E-state index in [1.165, 1.54) is 0 Å². The Morgan fingerprint density at radius 1 is 1.40 bits per heavy atom. The van der Waals surface area contributed by atoms with Crippen molar-refractivity contribution in [1.82, 2.24) is 9.97 Å². The maximum Gasteiger partial charge on any atom is 0.434 e. The molecule has 2 rings (SSSR count). The number of alkyl halides is 3. The normalized spacial score (nSPS) is 16.1. The fourth-order valence-corrected chi connectivity index (χ4v) is 2.67. The number of hydrogen-bond donors (Lipinski definition) is 0. The van der Waals surface area contributed by atoms with Gasteiger partial charge in [-0.25, -0.2) is 14.8 Å². The molecule has 20 heavy (non-hydrogen) atoms. The van der Waals surface area contributed by atoms with E-state index in [4.69, 9.17) is 0 Å². The average Bonchev–Trinajstić information content (AvgIpc) is 2.46. The molecule has 1 saturated heterocycles. The maximum absolute atomic E-state index is 13.0. The number of methoxy groups -OCH3 is 1. The molecule has 0 N–H and O–H groups in total. The number of hydrogen-bond acceptors (Lipinski definition) is 6. The second kappa shape index (κ2) is 5.86. The van der Waals surface area contributed by atoms with Crippen LogP contribution in [0.1, 0.15) is 16.1 Å². The van der Waals surface area contributed by atoms with Crippen LogP contribution in [0.25, 0.3) is 0 Å². The summed E-state index contributed by atoms with van der Waals surface area (Å²) in [6.07, 6.45) is -3.86. The van der Waals surface area contributed by atoms with Gasteiger partial charge in [-0.2, -0.15) is 24.9 Å². The highest BCUT2D eigenvalue weighted by atomic mass is 32.2. The van der Waals surface area contributed by atoms with Crippen molar-refractivity contribution in [2.24, 2.45) is 0 Å². The Hall–Kier alpha value is -1.51. The van der Waals surface area contributed by atoms with Gasteiger partial charge in [-0.15, -0.1) is 0 Å². The molecule has 1 aromatic heterocycles. The molecule has 0 atom stereocenters. The number of ether oxygens (including phenoxy) is 1. The topological polar surface area (TPSA) is 55.3 Å². The molecule has 5 nitrogen and oxygen atoms in total. The van der Waals surface area contributed by atoms with Gasteiger partial charge in [0.1, 0.15) is 5.56 Å². The number of thioether (sulfide) groups is 1. The van der Waals surface area contributed by atoms with E-state index >= 15 is 0 Å². The Bertz CT molecular complexity index is 504. The molecule has 0 aromatic carbocycles. The number of esters is 1. The summed E-state index contributed by atoms with van der Waals surface area (Å²) in [5, 5.41) is 0. The minimum atomic E-state index is -4.73. The Morgan fingerprint density at radius 2 is 2.05 bits per heavy atom. The minimum Gasteiger partial charge on any atom is -0.465 e. The number of carbonyl (C=O) groups excluding carboxylic acids is 1. The predicted molar refractivity (Wildman–Crippen MR) is 67.9 cm³/mol. The molecule has 110 valence electrons. The van der Waals surface area contributed by atoms with Crippen LogP contribution in [0.3, 0.4) is 0 Å². The van der Waals surface area contributed by atoms with Crippen molar-refractivity contribution < 1.29 is 22.7 Å². The number of aromatic nitrogens is 2. The first-order chi connectivity index (χ1) is 9.43. The third kappa shape index (κ3) is 3.14. The summed E-state index contributed by atoms with van der Waals surface area (Å²) in [5.74, 6) is 0.510. The van der Waals surface area contributed by atoms with Gasteiger partial charge in [-0.05, 0) is 0 Å². The van der Waals surface area contributed by atoms with Crippen molar-refractivity contribution in [2.45, 2.75) is 6.18 Å². The molecule has 1 aromatic rings. The van der Waals surface area contributed by atoms with Crippen molar-refractivity contribution in [3.8, 4) is 0 Å². The first-order valence-corrected chi connectivity index (χ1v) is 6.94. The number of rotatable bonds is 2. The van der Waals surface area contributed by atoms with Gasteiger partial charge in [-0.3, -0.25) is 0 Å². The van der Waals surface area contributed by atoms with Crippen molar-refractivity contribution in [3.63, 3.8) is 0 Å². The fraction of sp³-hybridized carbons (Fsp3) is 0.545. The largest absolute Gasteiger partial charge is 0.465 e. The number of nitrogens with zero attached hydrogens (tertiary/aromatic N) is 3. The van der Waals surface area contributed by atoms with Gasteiger partial charge in [0.25, 0.3) is 0 Å².